The number of rotatable bonds is 3. The second-order valence-electron chi connectivity index (χ2n) is 6.82. The number of hydrogen-bond acceptors (Lipinski definition) is 3. The zero-order valence-corrected chi connectivity index (χ0v) is 14.6. The number of piperidine rings is 1. The number of para-hydroxylation sites is 1. The zero-order valence-electron chi connectivity index (χ0n) is 14.6. The van der Waals surface area contributed by atoms with Crippen molar-refractivity contribution in [1.82, 2.24) is 4.90 Å². The van der Waals surface area contributed by atoms with Gasteiger partial charge >= 0.3 is 0 Å². The van der Waals surface area contributed by atoms with Crippen LogP contribution >= 0.6 is 0 Å². The van der Waals surface area contributed by atoms with Crippen molar-refractivity contribution in [2.45, 2.75) is 31.3 Å². The lowest BCUT2D eigenvalue weighted by Crippen LogP contribution is -2.44. The van der Waals surface area contributed by atoms with Crippen LogP contribution in [-0.2, 0) is 4.79 Å². The molecule has 1 unspecified atom stereocenters. The monoisotopic (exact) mass is 355 g/mol. The molecule has 26 heavy (non-hydrogen) atoms. The Bertz CT molecular complexity index is 769. The molecular weight excluding hydrogens is 333 g/mol. The van der Waals surface area contributed by atoms with E-state index in [0.29, 0.717) is 25.4 Å². The fourth-order valence-electron chi connectivity index (χ4n) is 3.72. The fraction of sp³-hybridized carbons (Fsp3) is 0.381. The smallest absolute Gasteiger partial charge is 0.230 e. The number of halogens is 1. The molecule has 2 aliphatic rings. The quantitative estimate of drug-likeness (QED) is 0.841. The van der Waals surface area contributed by atoms with Crippen LogP contribution in [0.4, 0.5) is 4.39 Å². The average Bonchev–Trinajstić information content (AvgIpc) is 2.69. The zero-order chi connectivity index (χ0) is 17.9. The Labute approximate surface area is 152 Å². The van der Waals surface area contributed by atoms with Gasteiger partial charge in [-0.2, -0.15) is 0 Å². The lowest BCUT2D eigenvalue weighted by molar-refractivity contribution is -0.135. The van der Waals surface area contributed by atoms with Gasteiger partial charge in [-0.25, -0.2) is 4.39 Å². The number of nitrogens with zero attached hydrogens (tertiary/aromatic N) is 1. The first-order chi connectivity index (χ1) is 12.7. The molecular formula is C21H22FNO3. The number of likely N-dealkylation sites (tertiary alicyclic amines) is 1. The van der Waals surface area contributed by atoms with E-state index in [0.717, 1.165) is 30.6 Å². The third kappa shape index (κ3) is 3.52. The third-order valence-electron chi connectivity index (χ3n) is 5.13. The van der Waals surface area contributed by atoms with Crippen molar-refractivity contribution in [2.24, 2.45) is 0 Å². The van der Waals surface area contributed by atoms with Crippen molar-refractivity contribution in [3.63, 3.8) is 0 Å². The van der Waals surface area contributed by atoms with E-state index in [1.54, 1.807) is 12.1 Å². The predicted molar refractivity (Wildman–Crippen MR) is 95.9 cm³/mol. The highest BCUT2D eigenvalue weighted by Crippen LogP contribution is 2.35. The van der Waals surface area contributed by atoms with Crippen molar-refractivity contribution in [3.8, 4) is 11.5 Å². The second-order valence-corrected chi connectivity index (χ2v) is 6.82. The molecule has 0 saturated carbocycles. The molecule has 0 radical (unpaired) electrons. The number of hydrogen-bond donors (Lipinski definition) is 0. The number of ether oxygens (including phenoxy) is 2. The van der Waals surface area contributed by atoms with Gasteiger partial charge in [0.15, 0.2) is 0 Å². The second kappa shape index (κ2) is 7.36. The Balaban J connectivity index is 1.36. The van der Waals surface area contributed by atoms with Gasteiger partial charge in [0.2, 0.25) is 5.91 Å². The van der Waals surface area contributed by atoms with Gasteiger partial charge in [0, 0.05) is 31.5 Å². The first kappa shape index (κ1) is 16.9. The van der Waals surface area contributed by atoms with Crippen LogP contribution in [0.15, 0.2) is 48.5 Å². The van der Waals surface area contributed by atoms with Gasteiger partial charge in [-0.3, -0.25) is 4.79 Å². The molecule has 1 amide bonds. The van der Waals surface area contributed by atoms with E-state index >= 15 is 0 Å². The van der Waals surface area contributed by atoms with Crippen LogP contribution in [-0.4, -0.2) is 36.6 Å². The standard InChI is InChI=1S/C21H22FNO3/c22-15-5-7-16(8-6-15)26-17-9-12-23(13-10-17)21(24)19-11-14-25-20-4-2-1-3-18(19)20/h1-8,17,19H,9-14H2. The highest BCUT2D eigenvalue weighted by atomic mass is 19.1. The Kier molecular flexibility index (Phi) is 4.78. The molecule has 4 rings (SSSR count). The molecule has 0 bridgehead atoms. The SMILES string of the molecule is O=C(C1CCOc2ccccc21)N1CCC(Oc2ccc(F)cc2)CC1. The predicted octanol–water partition coefficient (Wildman–Crippen LogP) is 3.76. The van der Waals surface area contributed by atoms with Crippen molar-refractivity contribution in [2.75, 3.05) is 19.7 Å². The minimum absolute atomic E-state index is 0.0616. The summed E-state index contributed by atoms with van der Waals surface area (Å²) in [6.07, 6.45) is 2.36. The number of amides is 1. The number of benzene rings is 2. The molecule has 0 spiro atoms. The summed E-state index contributed by atoms with van der Waals surface area (Å²) in [4.78, 5) is 14.9. The molecule has 2 aromatic rings. The van der Waals surface area contributed by atoms with Crippen molar-refractivity contribution in [3.05, 3.63) is 59.9 Å². The lowest BCUT2D eigenvalue weighted by atomic mass is 9.91. The van der Waals surface area contributed by atoms with E-state index in [4.69, 9.17) is 9.47 Å². The normalized spacial score (nSPS) is 20.2. The maximum atomic E-state index is 13.0. The van der Waals surface area contributed by atoms with Crippen LogP contribution in [0.3, 0.4) is 0 Å². The summed E-state index contributed by atoms with van der Waals surface area (Å²) in [6.45, 7) is 1.95. The molecule has 2 aromatic carbocycles. The topological polar surface area (TPSA) is 38.8 Å². The van der Waals surface area contributed by atoms with Gasteiger partial charge in [0.1, 0.15) is 23.4 Å². The number of fused-ring (bicyclic) bond motifs is 1. The summed E-state index contributed by atoms with van der Waals surface area (Å²) >= 11 is 0. The highest BCUT2D eigenvalue weighted by Gasteiger charge is 2.33. The minimum atomic E-state index is -0.269. The van der Waals surface area contributed by atoms with E-state index in [1.807, 2.05) is 29.2 Å². The maximum Gasteiger partial charge on any atom is 0.230 e. The van der Waals surface area contributed by atoms with Crippen LogP contribution in [0.2, 0.25) is 0 Å². The first-order valence-corrected chi connectivity index (χ1v) is 9.13. The van der Waals surface area contributed by atoms with E-state index in [2.05, 4.69) is 0 Å². The molecule has 0 aliphatic carbocycles. The lowest BCUT2D eigenvalue weighted by Gasteiger charge is -2.35. The molecule has 4 nitrogen and oxygen atoms in total. The van der Waals surface area contributed by atoms with E-state index in [-0.39, 0.29) is 23.7 Å². The van der Waals surface area contributed by atoms with Gasteiger partial charge < -0.3 is 14.4 Å². The molecule has 1 saturated heterocycles. The van der Waals surface area contributed by atoms with Crippen molar-refractivity contribution < 1.29 is 18.7 Å². The van der Waals surface area contributed by atoms with Gasteiger partial charge in [0.25, 0.3) is 0 Å². The summed E-state index contributed by atoms with van der Waals surface area (Å²) in [7, 11) is 0. The van der Waals surface area contributed by atoms with Gasteiger partial charge in [-0.15, -0.1) is 0 Å². The summed E-state index contributed by atoms with van der Waals surface area (Å²) in [5.41, 5.74) is 0.994. The summed E-state index contributed by atoms with van der Waals surface area (Å²) in [5.74, 6) is 1.30. The van der Waals surface area contributed by atoms with Gasteiger partial charge in [-0.1, -0.05) is 18.2 Å². The Morgan fingerprint density at radius 3 is 2.54 bits per heavy atom. The molecule has 2 heterocycles. The Morgan fingerprint density at radius 2 is 1.77 bits per heavy atom. The van der Waals surface area contributed by atoms with Crippen LogP contribution in [0, 0.1) is 5.82 Å². The molecule has 5 heteroatoms. The van der Waals surface area contributed by atoms with Gasteiger partial charge in [0.05, 0.1) is 12.5 Å². The van der Waals surface area contributed by atoms with E-state index in [9.17, 15) is 9.18 Å². The number of carbonyl (C=O) groups excluding carboxylic acids is 1. The maximum absolute atomic E-state index is 13.0. The Hall–Kier alpha value is -2.56. The molecule has 1 fully saturated rings. The first-order valence-electron chi connectivity index (χ1n) is 9.13. The van der Waals surface area contributed by atoms with E-state index in [1.165, 1.54) is 12.1 Å². The Morgan fingerprint density at radius 1 is 1.04 bits per heavy atom. The minimum Gasteiger partial charge on any atom is -0.493 e. The molecule has 0 N–H and O–H groups in total. The highest BCUT2D eigenvalue weighted by molar-refractivity contribution is 5.85. The molecule has 136 valence electrons. The van der Waals surface area contributed by atoms with E-state index < -0.39 is 0 Å². The van der Waals surface area contributed by atoms with Crippen LogP contribution in [0.1, 0.15) is 30.7 Å². The number of carbonyl (C=O) groups is 1. The summed E-state index contributed by atoms with van der Waals surface area (Å²) < 4.78 is 24.6. The molecule has 2 aliphatic heterocycles. The van der Waals surface area contributed by atoms with Crippen molar-refractivity contribution >= 4 is 5.91 Å². The van der Waals surface area contributed by atoms with Crippen LogP contribution in [0.5, 0.6) is 11.5 Å². The van der Waals surface area contributed by atoms with Crippen LogP contribution < -0.4 is 9.47 Å². The molecule has 0 aromatic heterocycles. The summed E-state index contributed by atoms with van der Waals surface area (Å²) in [5, 5.41) is 0. The third-order valence-corrected chi connectivity index (χ3v) is 5.13. The summed E-state index contributed by atoms with van der Waals surface area (Å²) in [6, 6.07) is 13.9. The molecule has 1 atom stereocenters. The fourth-order valence-corrected chi connectivity index (χ4v) is 3.72. The average molecular weight is 355 g/mol. The van der Waals surface area contributed by atoms with Crippen molar-refractivity contribution in [1.29, 1.82) is 0 Å². The largest absolute Gasteiger partial charge is 0.493 e. The van der Waals surface area contributed by atoms with Crippen LogP contribution in [0.25, 0.3) is 0 Å². The van der Waals surface area contributed by atoms with Gasteiger partial charge in [-0.05, 0) is 36.8 Å².